The molecule has 3 aromatic rings. The molecule has 3 rings (SSSR count). The highest BCUT2D eigenvalue weighted by Gasteiger charge is 2.13. The minimum Gasteiger partial charge on any atom is -0.506 e. The fourth-order valence-electron chi connectivity index (χ4n) is 2.14. The summed E-state index contributed by atoms with van der Waals surface area (Å²) in [6.07, 6.45) is 0.733. The minimum atomic E-state index is 0.150. The number of hydrogen-bond donors (Lipinski definition) is 3. The third-order valence-corrected chi connectivity index (χ3v) is 4.74. The zero-order valence-corrected chi connectivity index (χ0v) is 17.2. The van der Waals surface area contributed by atoms with Crippen molar-refractivity contribution >= 4 is 68.1 Å². The molecule has 0 fully saturated rings. The zero-order chi connectivity index (χ0) is 18.7. The monoisotopic (exact) mass is 464 g/mol. The summed E-state index contributed by atoms with van der Waals surface area (Å²) in [4.78, 5) is 3.18. The molecule has 0 unspecified atom stereocenters. The zero-order valence-electron chi connectivity index (χ0n) is 13.3. The van der Waals surface area contributed by atoms with Crippen LogP contribution in [0.3, 0.4) is 0 Å². The number of hydrogen-bond acceptors (Lipinski definition) is 5. The molecule has 25 heavy (non-hydrogen) atoms. The van der Waals surface area contributed by atoms with Gasteiger partial charge in [0.2, 0.25) is 0 Å². The Morgan fingerprint density at radius 3 is 2.64 bits per heavy atom. The number of rotatable bonds is 2. The lowest BCUT2D eigenvalue weighted by Crippen LogP contribution is -1.89. The third kappa shape index (κ3) is 4.41. The van der Waals surface area contributed by atoms with Crippen LogP contribution in [0, 0.1) is 4.84 Å². The summed E-state index contributed by atoms with van der Waals surface area (Å²) in [6, 6.07) is 4.96. The van der Waals surface area contributed by atoms with Gasteiger partial charge in [0.1, 0.15) is 10.2 Å². The van der Waals surface area contributed by atoms with Gasteiger partial charge in [-0.1, -0.05) is 30.1 Å². The fraction of sp³-hybridized carbons (Fsp3) is 0.188. The average Bonchev–Trinajstić information content (AvgIpc) is 2.92. The summed E-state index contributed by atoms with van der Waals surface area (Å²) in [6.45, 7) is 1.94. The first kappa shape index (κ1) is 19.9. The normalized spacial score (nSPS) is 10.4. The van der Waals surface area contributed by atoms with Gasteiger partial charge in [-0.05, 0) is 58.3 Å². The molecular formula is C16H15BrCl2N2O3S. The maximum absolute atomic E-state index is 9.34. The maximum Gasteiger partial charge on any atom is 0.266 e. The van der Waals surface area contributed by atoms with Gasteiger partial charge in [0.15, 0.2) is 11.3 Å². The summed E-state index contributed by atoms with van der Waals surface area (Å²) >= 11 is 19.9. The van der Waals surface area contributed by atoms with Gasteiger partial charge in [0.05, 0.1) is 23.3 Å². The number of halogens is 3. The maximum atomic E-state index is 9.34. The summed E-state index contributed by atoms with van der Waals surface area (Å²) in [5.41, 5.74) is 7.94. The molecule has 0 saturated heterocycles. The minimum absolute atomic E-state index is 0.150. The Kier molecular flexibility index (Phi) is 6.62. The molecule has 0 bridgehead atoms. The highest BCUT2D eigenvalue weighted by atomic mass is 79.9. The van der Waals surface area contributed by atoms with E-state index in [-0.39, 0.29) is 5.75 Å². The van der Waals surface area contributed by atoms with Crippen molar-refractivity contribution in [1.82, 2.24) is 4.98 Å². The molecule has 1 heterocycles. The van der Waals surface area contributed by atoms with Crippen LogP contribution in [-0.4, -0.2) is 17.2 Å². The number of nitrogens with one attached hydrogen (secondary N) is 1. The molecule has 0 atom stereocenters. The smallest absolute Gasteiger partial charge is 0.266 e. The predicted molar refractivity (Wildman–Crippen MR) is 108 cm³/mol. The van der Waals surface area contributed by atoms with Crippen molar-refractivity contribution < 1.29 is 14.3 Å². The Morgan fingerprint density at radius 1 is 1.36 bits per heavy atom. The number of fused-ring (bicyclic) bond motifs is 1. The first-order valence-electron chi connectivity index (χ1n) is 7.10. The van der Waals surface area contributed by atoms with Crippen LogP contribution in [0.15, 0.2) is 27.1 Å². The first-order chi connectivity index (χ1) is 11.8. The molecule has 0 aliphatic heterocycles. The largest absolute Gasteiger partial charge is 0.506 e. The number of aromatic amines is 1. The molecule has 9 heteroatoms. The average molecular weight is 466 g/mol. The lowest BCUT2D eigenvalue weighted by Gasteiger charge is -2.04. The van der Waals surface area contributed by atoms with Crippen molar-refractivity contribution in [3.63, 3.8) is 0 Å². The van der Waals surface area contributed by atoms with Crippen LogP contribution in [-0.2, 0) is 6.42 Å². The second-order valence-electron chi connectivity index (χ2n) is 4.95. The third-order valence-electron chi connectivity index (χ3n) is 3.33. The molecule has 0 spiro atoms. The molecule has 0 saturated carbocycles. The number of phenols is 1. The van der Waals surface area contributed by atoms with Crippen molar-refractivity contribution in [3.05, 3.63) is 43.1 Å². The molecule has 2 aromatic carbocycles. The molecule has 5 nitrogen and oxygen atoms in total. The van der Waals surface area contributed by atoms with Gasteiger partial charge in [-0.2, -0.15) is 0 Å². The quantitative estimate of drug-likeness (QED) is 0.241. The van der Waals surface area contributed by atoms with Gasteiger partial charge in [0.25, 0.3) is 4.84 Å². The van der Waals surface area contributed by atoms with E-state index in [4.69, 9.17) is 50.3 Å². The Balaban J connectivity index is 0.000000186. The van der Waals surface area contributed by atoms with Gasteiger partial charge >= 0.3 is 0 Å². The van der Waals surface area contributed by atoms with Gasteiger partial charge in [0, 0.05) is 5.02 Å². The molecular weight excluding hydrogens is 451 g/mol. The summed E-state index contributed by atoms with van der Waals surface area (Å²) in [5, 5.41) is 10.4. The topological polar surface area (TPSA) is 84.4 Å². The fourth-order valence-corrected chi connectivity index (χ4v) is 3.65. The van der Waals surface area contributed by atoms with Crippen LogP contribution in [0.25, 0.3) is 11.1 Å². The molecule has 1 aromatic heterocycles. The van der Waals surface area contributed by atoms with E-state index in [1.807, 2.05) is 6.92 Å². The number of nitrogens with two attached hydrogens (primary N) is 1. The van der Waals surface area contributed by atoms with Crippen molar-refractivity contribution in [2.45, 2.75) is 13.3 Å². The summed E-state index contributed by atoms with van der Waals surface area (Å²) in [7, 11) is 1.54. The molecule has 4 N–H and O–H groups in total. The van der Waals surface area contributed by atoms with E-state index in [0.717, 1.165) is 17.5 Å². The van der Waals surface area contributed by atoms with Crippen LogP contribution >= 0.6 is 51.3 Å². The number of aromatic hydroxyl groups is 1. The number of nitrogen functional groups attached to an aromatic ring is 1. The second-order valence-corrected chi connectivity index (χ2v) is 6.96. The number of oxazole rings is 1. The van der Waals surface area contributed by atoms with Crippen LogP contribution in [0.2, 0.25) is 10.0 Å². The number of phenolic OH excluding ortho intramolecular Hbond substituents is 1. The SMILES string of the molecule is CCc1cc(Cl)cc(N)c1O.COc1c(Cl)cc2[nH]c(=S)oc2c1Br. The number of aryl methyl sites for hydroxylation is 1. The van der Waals surface area contributed by atoms with E-state index < -0.39 is 0 Å². The number of aromatic nitrogens is 1. The van der Waals surface area contributed by atoms with E-state index in [1.54, 1.807) is 19.2 Å². The van der Waals surface area contributed by atoms with Crippen LogP contribution in [0.1, 0.15) is 12.5 Å². The van der Waals surface area contributed by atoms with E-state index in [1.165, 1.54) is 6.07 Å². The Morgan fingerprint density at radius 2 is 2.04 bits per heavy atom. The van der Waals surface area contributed by atoms with Gasteiger partial charge in [-0.25, -0.2) is 0 Å². The predicted octanol–water partition coefficient (Wildman–Crippen LogP) is 6.11. The lowest BCUT2D eigenvalue weighted by atomic mass is 10.1. The number of H-pyrrole nitrogens is 1. The number of ether oxygens (including phenoxy) is 1. The summed E-state index contributed by atoms with van der Waals surface area (Å²) in [5.74, 6) is 0.689. The van der Waals surface area contributed by atoms with Crippen molar-refractivity contribution in [1.29, 1.82) is 0 Å². The van der Waals surface area contributed by atoms with Crippen LogP contribution in [0.5, 0.6) is 11.5 Å². The lowest BCUT2D eigenvalue weighted by molar-refractivity contribution is 0.412. The number of benzene rings is 2. The molecule has 0 aliphatic carbocycles. The van der Waals surface area contributed by atoms with Gasteiger partial charge < -0.3 is 25.0 Å². The highest BCUT2D eigenvalue weighted by molar-refractivity contribution is 9.10. The second kappa shape index (κ2) is 8.31. The van der Waals surface area contributed by atoms with E-state index in [0.29, 0.717) is 36.4 Å². The molecule has 134 valence electrons. The van der Waals surface area contributed by atoms with Crippen LogP contribution in [0.4, 0.5) is 5.69 Å². The van der Waals surface area contributed by atoms with E-state index >= 15 is 0 Å². The molecule has 0 radical (unpaired) electrons. The number of methoxy groups -OCH3 is 1. The summed E-state index contributed by atoms with van der Waals surface area (Å²) < 4.78 is 11.0. The number of anilines is 1. The highest BCUT2D eigenvalue weighted by Crippen LogP contribution is 2.39. The standard InChI is InChI=1S/C8H5BrClNO2S.C8H10ClNO/c1-12-6-3(10)2-4-7(5(6)9)13-8(14)11-4;1-2-5-3-6(9)4-7(10)8(5)11/h2H,1H3,(H,11,14);3-4,11H,2,10H2,1H3. The van der Waals surface area contributed by atoms with Crippen molar-refractivity contribution in [3.8, 4) is 11.5 Å². The van der Waals surface area contributed by atoms with E-state index in [9.17, 15) is 5.11 Å². The van der Waals surface area contributed by atoms with Gasteiger partial charge in [-0.15, -0.1) is 0 Å². The Hall–Kier alpha value is -1.41. The molecule has 0 aliphatic rings. The van der Waals surface area contributed by atoms with Crippen molar-refractivity contribution in [2.75, 3.05) is 12.8 Å². The Labute approximate surface area is 167 Å². The molecule has 0 amide bonds. The first-order valence-corrected chi connectivity index (χ1v) is 9.05. The Bertz CT molecular complexity index is 972. The van der Waals surface area contributed by atoms with Gasteiger partial charge in [-0.3, -0.25) is 0 Å². The van der Waals surface area contributed by atoms with Crippen LogP contribution < -0.4 is 10.5 Å². The van der Waals surface area contributed by atoms with Crippen molar-refractivity contribution in [2.24, 2.45) is 0 Å². The van der Waals surface area contributed by atoms with E-state index in [2.05, 4.69) is 20.9 Å².